The molecule has 4 N–H and O–H groups in total. The van der Waals surface area contributed by atoms with E-state index in [0.29, 0.717) is 36.2 Å². The Kier molecular flexibility index (Phi) is 4.79. The number of aromatic nitrogens is 6. The van der Waals surface area contributed by atoms with Gasteiger partial charge in [-0.15, -0.1) is 10.2 Å². The van der Waals surface area contributed by atoms with Crippen molar-refractivity contribution in [2.45, 2.75) is 13.2 Å². The number of nitrogen functional groups attached to an aromatic ring is 2. The Hall–Kier alpha value is -4.01. The highest BCUT2D eigenvalue weighted by Crippen LogP contribution is 2.21. The molecule has 0 aliphatic carbocycles. The van der Waals surface area contributed by atoms with Crippen LogP contribution < -0.4 is 16.2 Å². The standard InChI is InChI=1S/C19H18N8O/c20-16-9-8-15(18(21)23-16)19-24-26-27(25-19)11-13-4-6-14(7-5-13)12-28-17-3-1-2-10-22-17/h1-10H,11-12H2,(H4,20,21,23). The molecule has 0 bridgehead atoms. The molecule has 28 heavy (non-hydrogen) atoms. The van der Waals surface area contributed by atoms with Crippen molar-refractivity contribution in [1.82, 2.24) is 30.2 Å². The summed E-state index contributed by atoms with van der Waals surface area (Å²) in [6, 6.07) is 16.9. The number of nitrogens with two attached hydrogens (primary N) is 2. The lowest BCUT2D eigenvalue weighted by atomic mass is 10.1. The van der Waals surface area contributed by atoms with Gasteiger partial charge in [0, 0.05) is 12.3 Å². The normalized spacial score (nSPS) is 10.7. The molecule has 1 aromatic carbocycles. The molecule has 0 aliphatic heterocycles. The van der Waals surface area contributed by atoms with Gasteiger partial charge >= 0.3 is 0 Å². The summed E-state index contributed by atoms with van der Waals surface area (Å²) in [6.45, 7) is 0.934. The van der Waals surface area contributed by atoms with Crippen LogP contribution in [0.3, 0.4) is 0 Å². The van der Waals surface area contributed by atoms with Gasteiger partial charge in [0.25, 0.3) is 0 Å². The lowest BCUT2D eigenvalue weighted by Gasteiger charge is -2.06. The third-order valence-electron chi connectivity index (χ3n) is 4.01. The van der Waals surface area contributed by atoms with Crippen molar-refractivity contribution in [2.24, 2.45) is 0 Å². The molecule has 0 radical (unpaired) electrons. The molecule has 9 heteroatoms. The second-order valence-corrected chi connectivity index (χ2v) is 6.09. The van der Waals surface area contributed by atoms with Gasteiger partial charge in [-0.2, -0.15) is 4.80 Å². The Bertz CT molecular complexity index is 1060. The van der Waals surface area contributed by atoms with Crippen LogP contribution in [0.2, 0.25) is 0 Å². The number of anilines is 2. The first kappa shape index (κ1) is 17.4. The maximum atomic E-state index is 5.88. The molecule has 140 valence electrons. The monoisotopic (exact) mass is 374 g/mol. The summed E-state index contributed by atoms with van der Waals surface area (Å²) < 4.78 is 5.64. The van der Waals surface area contributed by atoms with Gasteiger partial charge in [-0.25, -0.2) is 9.97 Å². The molecule has 9 nitrogen and oxygen atoms in total. The number of hydrogen-bond acceptors (Lipinski definition) is 8. The van der Waals surface area contributed by atoms with Crippen LogP contribution in [-0.4, -0.2) is 30.2 Å². The third-order valence-corrected chi connectivity index (χ3v) is 4.01. The summed E-state index contributed by atoms with van der Waals surface area (Å²) in [5.74, 6) is 1.63. The maximum Gasteiger partial charge on any atom is 0.213 e. The van der Waals surface area contributed by atoms with Gasteiger partial charge in [-0.3, -0.25) is 0 Å². The Morgan fingerprint density at radius 1 is 0.929 bits per heavy atom. The van der Waals surface area contributed by atoms with E-state index >= 15 is 0 Å². The second kappa shape index (κ2) is 7.70. The average molecular weight is 374 g/mol. The van der Waals surface area contributed by atoms with Crippen molar-refractivity contribution in [3.63, 3.8) is 0 Å². The molecule has 0 saturated heterocycles. The van der Waals surface area contributed by atoms with Gasteiger partial charge in [-0.1, -0.05) is 30.3 Å². The zero-order valence-electron chi connectivity index (χ0n) is 14.9. The van der Waals surface area contributed by atoms with E-state index in [1.165, 1.54) is 4.80 Å². The van der Waals surface area contributed by atoms with E-state index in [9.17, 15) is 0 Å². The van der Waals surface area contributed by atoms with Crippen molar-refractivity contribution in [1.29, 1.82) is 0 Å². The number of nitrogens with zero attached hydrogens (tertiary/aromatic N) is 6. The lowest BCUT2D eigenvalue weighted by Crippen LogP contribution is -2.05. The molecular weight excluding hydrogens is 356 g/mol. The fraction of sp³-hybridized carbons (Fsp3) is 0.105. The maximum absolute atomic E-state index is 5.88. The van der Waals surface area contributed by atoms with Gasteiger partial charge in [-0.05, 0) is 34.5 Å². The van der Waals surface area contributed by atoms with E-state index in [4.69, 9.17) is 16.2 Å². The van der Waals surface area contributed by atoms with Crippen LogP contribution >= 0.6 is 0 Å². The van der Waals surface area contributed by atoms with Crippen LogP contribution in [0.5, 0.6) is 5.88 Å². The summed E-state index contributed by atoms with van der Waals surface area (Å²) >= 11 is 0. The topological polar surface area (TPSA) is 131 Å². The fourth-order valence-corrected chi connectivity index (χ4v) is 2.59. The lowest BCUT2D eigenvalue weighted by molar-refractivity contribution is 0.294. The largest absolute Gasteiger partial charge is 0.473 e. The van der Waals surface area contributed by atoms with Gasteiger partial charge in [0.1, 0.15) is 18.2 Å². The summed E-state index contributed by atoms with van der Waals surface area (Å²) in [4.78, 5) is 9.66. The molecule has 0 aliphatic rings. The smallest absolute Gasteiger partial charge is 0.213 e. The summed E-state index contributed by atoms with van der Waals surface area (Å²) in [5.41, 5.74) is 14.2. The SMILES string of the molecule is Nc1ccc(-c2nnn(Cc3ccc(COc4ccccn4)cc3)n2)c(N)n1. The second-order valence-electron chi connectivity index (χ2n) is 6.09. The third kappa shape index (κ3) is 4.04. The van der Waals surface area contributed by atoms with Crippen molar-refractivity contribution in [3.8, 4) is 17.3 Å². The van der Waals surface area contributed by atoms with Crippen molar-refractivity contribution < 1.29 is 4.74 Å². The number of ether oxygens (including phenoxy) is 1. The zero-order valence-corrected chi connectivity index (χ0v) is 14.9. The van der Waals surface area contributed by atoms with Crippen molar-refractivity contribution in [2.75, 3.05) is 11.5 Å². The first-order valence-electron chi connectivity index (χ1n) is 8.59. The molecular formula is C19H18N8O. The highest BCUT2D eigenvalue weighted by Gasteiger charge is 2.11. The molecule has 0 fully saturated rings. The Morgan fingerprint density at radius 3 is 2.50 bits per heavy atom. The van der Waals surface area contributed by atoms with Gasteiger partial charge in [0.2, 0.25) is 11.7 Å². The zero-order chi connectivity index (χ0) is 19.3. The number of pyridine rings is 2. The van der Waals surface area contributed by atoms with E-state index < -0.39 is 0 Å². The quantitative estimate of drug-likeness (QED) is 0.523. The van der Waals surface area contributed by atoms with E-state index in [1.807, 2.05) is 42.5 Å². The fourth-order valence-electron chi connectivity index (χ4n) is 2.59. The molecule has 0 amide bonds. The molecule has 4 aromatic rings. The van der Waals surface area contributed by atoms with Crippen molar-refractivity contribution in [3.05, 3.63) is 71.9 Å². The van der Waals surface area contributed by atoms with Gasteiger partial charge < -0.3 is 16.2 Å². The first-order valence-corrected chi connectivity index (χ1v) is 8.59. The van der Waals surface area contributed by atoms with Crippen LogP contribution in [0.1, 0.15) is 11.1 Å². The number of tetrazole rings is 1. The van der Waals surface area contributed by atoms with E-state index in [1.54, 1.807) is 18.3 Å². The van der Waals surface area contributed by atoms with Crippen LogP contribution in [-0.2, 0) is 13.2 Å². The molecule has 0 spiro atoms. The first-order chi connectivity index (χ1) is 13.7. The Morgan fingerprint density at radius 2 is 1.75 bits per heavy atom. The minimum atomic E-state index is 0.275. The summed E-state index contributed by atoms with van der Waals surface area (Å²) in [6.07, 6.45) is 1.70. The minimum Gasteiger partial charge on any atom is -0.473 e. The summed E-state index contributed by atoms with van der Waals surface area (Å²) in [5, 5.41) is 12.5. The Labute approximate surface area is 161 Å². The van der Waals surface area contributed by atoms with Crippen LogP contribution in [0.4, 0.5) is 11.6 Å². The highest BCUT2D eigenvalue weighted by atomic mass is 16.5. The molecule has 0 atom stereocenters. The molecule has 0 unspecified atom stereocenters. The Balaban J connectivity index is 1.40. The number of benzene rings is 1. The number of rotatable bonds is 6. The van der Waals surface area contributed by atoms with Crippen LogP contribution in [0, 0.1) is 0 Å². The number of hydrogen-bond donors (Lipinski definition) is 2. The predicted octanol–water partition coefficient (Wildman–Crippen LogP) is 1.92. The van der Waals surface area contributed by atoms with Gasteiger partial charge in [0.05, 0.1) is 12.1 Å². The van der Waals surface area contributed by atoms with Crippen LogP contribution in [0.25, 0.3) is 11.4 Å². The van der Waals surface area contributed by atoms with Crippen molar-refractivity contribution >= 4 is 11.6 Å². The van der Waals surface area contributed by atoms with Gasteiger partial charge in [0.15, 0.2) is 0 Å². The molecule has 3 aromatic heterocycles. The predicted molar refractivity (Wildman–Crippen MR) is 104 cm³/mol. The highest BCUT2D eigenvalue weighted by molar-refractivity contribution is 5.69. The molecule has 3 heterocycles. The van der Waals surface area contributed by atoms with E-state index in [-0.39, 0.29) is 5.82 Å². The van der Waals surface area contributed by atoms with E-state index in [2.05, 4.69) is 25.4 Å². The van der Waals surface area contributed by atoms with Crippen LogP contribution in [0.15, 0.2) is 60.8 Å². The molecule has 0 saturated carbocycles. The van der Waals surface area contributed by atoms with E-state index in [0.717, 1.165) is 11.1 Å². The minimum absolute atomic E-state index is 0.275. The average Bonchev–Trinajstić information content (AvgIpc) is 3.16. The summed E-state index contributed by atoms with van der Waals surface area (Å²) in [7, 11) is 0. The molecule has 4 rings (SSSR count).